The van der Waals surface area contributed by atoms with Crippen LogP contribution in [0.4, 0.5) is 0 Å². The van der Waals surface area contributed by atoms with Crippen LogP contribution < -0.4 is 5.32 Å². The van der Waals surface area contributed by atoms with Crippen molar-refractivity contribution in [3.63, 3.8) is 0 Å². The third kappa shape index (κ3) is 21.1. The average molecular weight is 1260 g/mol. The van der Waals surface area contributed by atoms with Gasteiger partial charge in [0.1, 0.15) is 67.0 Å². The van der Waals surface area contributed by atoms with Crippen LogP contribution in [0, 0.1) is 17.8 Å². The van der Waals surface area contributed by atoms with Crippen LogP contribution in [-0.2, 0) is 47.5 Å². The highest BCUT2D eigenvalue weighted by Gasteiger charge is 2.55. The minimum Gasteiger partial charge on any atom is -0.469 e. The summed E-state index contributed by atoms with van der Waals surface area (Å²) < 4.78 is 45.5. The molecule has 502 valence electrons. The fourth-order valence-electron chi connectivity index (χ4n) is 11.0. The molecule has 28 heteroatoms. The molecule has 28 nitrogen and oxygen atoms in total. The van der Waals surface area contributed by atoms with Crippen molar-refractivity contribution in [3.8, 4) is 0 Å². The molecule has 4 saturated heterocycles. The maximum atomic E-state index is 13.4. The Balaban J connectivity index is 1.38. The van der Waals surface area contributed by atoms with Gasteiger partial charge in [-0.25, -0.2) is 0 Å². The van der Waals surface area contributed by atoms with Gasteiger partial charge in [-0.05, 0) is 33.1 Å². The summed E-state index contributed by atoms with van der Waals surface area (Å²) >= 11 is 0. The average Bonchev–Trinajstić information content (AvgIpc) is 1.56. The van der Waals surface area contributed by atoms with E-state index >= 15 is 0 Å². The predicted molar refractivity (Wildman–Crippen MR) is 307 cm³/mol. The number of fused-ring (bicyclic) bond motifs is 2. The minimum atomic E-state index is -2.67. The molecule has 1 unspecified atom stereocenters. The maximum absolute atomic E-state index is 13.4. The fraction of sp³-hybridized carbons (Fsp3) is 0.733. The molecule has 2 bridgehead atoms. The molecule has 0 amide bonds. The topological polar surface area (TPSA) is 464 Å². The first-order chi connectivity index (χ1) is 41.6. The molecule has 5 rings (SSSR count). The number of aliphatic hydroxyl groups excluding tert-OH is 16. The first kappa shape index (κ1) is 74.9. The Morgan fingerprint density at radius 1 is 0.580 bits per heavy atom. The van der Waals surface area contributed by atoms with Crippen molar-refractivity contribution in [3.05, 3.63) is 85.1 Å². The highest BCUT2D eigenvalue weighted by molar-refractivity contribution is 5.74. The molecule has 0 saturated carbocycles. The SMILES string of the molecule is COC(=O)[C@H]1[C@@H]2C[C@@H](O[C@@H]3O[C@H](C)[C@@H](O)[C@H](NC[C@@]4(O)OC[C@@H](O)[C@@H](O[C@@H]5O[C@H](CO)[C@@H](O)[C@H](O)[C@H]5O)[C@@H]4O)[C@@H]3O)C=CC=CC=CC=CC=CC=CC=C[C@H](C)[C@@H](O)[C@@H](C)[C@H](C)OC(=O)C[C@H](O)C[C@H](O)CC[C@@H](O)[C@H](O)C[C@H](O)[C@@H](O)C(C[C@@H]1O)O2. The van der Waals surface area contributed by atoms with E-state index in [9.17, 15) is 96.4 Å². The van der Waals surface area contributed by atoms with Gasteiger partial charge in [0.15, 0.2) is 12.6 Å². The van der Waals surface area contributed by atoms with Gasteiger partial charge >= 0.3 is 11.9 Å². The van der Waals surface area contributed by atoms with Crippen LogP contribution in [0.3, 0.4) is 0 Å². The third-order valence-electron chi connectivity index (χ3n) is 16.7. The summed E-state index contributed by atoms with van der Waals surface area (Å²) in [5, 5.41) is 189. The van der Waals surface area contributed by atoms with E-state index in [1.165, 1.54) is 19.1 Å². The second-order valence-electron chi connectivity index (χ2n) is 23.4. The zero-order chi connectivity index (χ0) is 65.2. The van der Waals surface area contributed by atoms with E-state index in [1.807, 2.05) is 0 Å². The lowest BCUT2D eigenvalue weighted by Crippen LogP contribution is -2.70. The second kappa shape index (κ2) is 35.8. The molecule has 5 aliphatic heterocycles. The molecule has 0 aliphatic carbocycles. The van der Waals surface area contributed by atoms with E-state index in [0.29, 0.717) is 0 Å². The van der Waals surface area contributed by atoms with E-state index in [1.54, 1.807) is 93.7 Å². The zero-order valence-corrected chi connectivity index (χ0v) is 50.0. The van der Waals surface area contributed by atoms with E-state index in [2.05, 4.69) is 5.32 Å². The zero-order valence-electron chi connectivity index (χ0n) is 50.0. The summed E-state index contributed by atoms with van der Waals surface area (Å²) in [6.07, 6.45) is -16.3. The van der Waals surface area contributed by atoms with E-state index in [4.69, 9.17) is 37.9 Å². The molecule has 0 radical (unpaired) electrons. The van der Waals surface area contributed by atoms with Crippen molar-refractivity contribution in [2.45, 2.75) is 231 Å². The molecule has 0 aromatic carbocycles. The number of carbonyl (C=O) groups is 2. The lowest BCUT2D eigenvalue weighted by molar-refractivity contribution is -0.368. The van der Waals surface area contributed by atoms with Gasteiger partial charge in [-0.2, -0.15) is 0 Å². The van der Waals surface area contributed by atoms with E-state index in [-0.39, 0.29) is 31.6 Å². The molecular weight excluding hydrogens is 1170 g/mol. The molecule has 18 N–H and O–H groups in total. The van der Waals surface area contributed by atoms with Crippen LogP contribution in [-0.4, -0.2) is 284 Å². The minimum absolute atomic E-state index is 0.168. The number of esters is 2. The smallest absolute Gasteiger partial charge is 0.313 e. The first-order valence-electron chi connectivity index (χ1n) is 29.8. The lowest BCUT2D eigenvalue weighted by Gasteiger charge is -2.48. The normalized spacial score (nSPS) is 44.7. The lowest BCUT2D eigenvalue weighted by atomic mass is 9.83. The number of methoxy groups -OCH3 is 1. The van der Waals surface area contributed by atoms with Crippen LogP contribution in [0.5, 0.6) is 0 Å². The standard InChI is InChI=1S/C60H95NO27/c1-30-18-16-14-12-10-8-6-7-9-11-13-15-17-19-36(85-58-52(75)47(49(72)33(4)84-58)61-29-60(80)56(78)55(41(69)28-82-60)88-59-54(77)53(76)51(74)44(27-62)87-59)24-42-46(57(79)81-5)39(67)26-43(86-42)50(73)40(68)25-38(66)37(65)21-20-34(63)22-35(64)23-45(70)83-32(3)31(2)48(30)71/h6-19,30-44,46-56,58-59,61-69,71-78,80H,20-29H2,1-5H3/t30-,31-,32-,33+,34+,35+,36-,37+,38+,39-,40-,41+,42-,43?,44+,46+,47-,48+,49+,50+,51+,52-,53-,54+,55+,56-,58-,59-,60+/m0/s1. The Hall–Kier alpha value is -3.84. The van der Waals surface area contributed by atoms with Gasteiger partial charge in [0.05, 0.1) is 113 Å². The summed E-state index contributed by atoms with van der Waals surface area (Å²) in [4.78, 5) is 26.1. The highest BCUT2D eigenvalue weighted by Crippen LogP contribution is 2.36. The van der Waals surface area contributed by atoms with Crippen molar-refractivity contribution < 1.29 is 134 Å². The molecule has 5 aliphatic rings. The van der Waals surface area contributed by atoms with Gasteiger partial charge in [0, 0.05) is 31.1 Å². The van der Waals surface area contributed by atoms with E-state index < -0.39 is 221 Å². The Morgan fingerprint density at radius 3 is 1.80 bits per heavy atom. The Labute approximate surface area is 511 Å². The third-order valence-corrected chi connectivity index (χ3v) is 16.7. The first-order valence-corrected chi connectivity index (χ1v) is 29.8. The second-order valence-corrected chi connectivity index (χ2v) is 23.4. The number of aliphatic hydroxyl groups is 17. The quantitative estimate of drug-likeness (QED) is 0.0972. The Bertz CT molecular complexity index is 2320. The molecule has 5 heterocycles. The number of allylic oxidation sites excluding steroid dienone is 12. The van der Waals surface area contributed by atoms with E-state index in [0.717, 1.165) is 7.11 Å². The molecular formula is C60H95NO27. The predicted octanol–water partition coefficient (Wildman–Crippen LogP) is -4.29. The van der Waals surface area contributed by atoms with Gasteiger partial charge in [0.25, 0.3) is 0 Å². The van der Waals surface area contributed by atoms with Crippen molar-refractivity contribution >= 4 is 11.9 Å². The number of rotatable bonds is 9. The molecule has 29 atom stereocenters. The number of carbonyl (C=O) groups excluding carboxylic acids is 2. The van der Waals surface area contributed by atoms with Crippen molar-refractivity contribution in [1.82, 2.24) is 5.32 Å². The largest absolute Gasteiger partial charge is 0.469 e. The number of hydrogen-bond donors (Lipinski definition) is 18. The Kier molecular flexibility index (Phi) is 30.5. The van der Waals surface area contributed by atoms with Crippen molar-refractivity contribution in [1.29, 1.82) is 0 Å². The maximum Gasteiger partial charge on any atom is 0.313 e. The van der Waals surface area contributed by atoms with Gasteiger partial charge in [-0.3, -0.25) is 9.59 Å². The van der Waals surface area contributed by atoms with Crippen molar-refractivity contribution in [2.24, 2.45) is 17.8 Å². The summed E-state index contributed by atoms with van der Waals surface area (Å²) in [5.74, 6) is -6.63. The Morgan fingerprint density at radius 2 is 1.18 bits per heavy atom. The number of nitrogens with one attached hydrogen (secondary N) is 1. The molecule has 4 fully saturated rings. The summed E-state index contributed by atoms with van der Waals surface area (Å²) in [6.45, 7) is 4.27. The van der Waals surface area contributed by atoms with Gasteiger partial charge in [0.2, 0.25) is 5.79 Å². The van der Waals surface area contributed by atoms with Crippen molar-refractivity contribution in [2.75, 3.05) is 26.9 Å². The van der Waals surface area contributed by atoms with Gasteiger partial charge in [-0.1, -0.05) is 98.9 Å². The number of hydrogen-bond acceptors (Lipinski definition) is 28. The van der Waals surface area contributed by atoms with Crippen LogP contribution in [0.15, 0.2) is 85.1 Å². The number of cyclic esters (lactones) is 1. The highest BCUT2D eigenvalue weighted by atomic mass is 16.7. The fourth-order valence-corrected chi connectivity index (χ4v) is 11.0. The molecule has 0 spiro atoms. The van der Waals surface area contributed by atoms with Crippen LogP contribution >= 0.6 is 0 Å². The molecule has 0 aromatic rings. The van der Waals surface area contributed by atoms with Gasteiger partial charge < -0.3 is 130 Å². The van der Waals surface area contributed by atoms with Crippen LogP contribution in [0.25, 0.3) is 0 Å². The summed E-state index contributed by atoms with van der Waals surface area (Å²) in [7, 11) is 1.07. The molecule has 0 aromatic heterocycles. The summed E-state index contributed by atoms with van der Waals surface area (Å²) in [6, 6.07) is -1.46. The summed E-state index contributed by atoms with van der Waals surface area (Å²) in [5.41, 5.74) is 0. The van der Waals surface area contributed by atoms with Gasteiger partial charge in [-0.15, -0.1) is 0 Å². The number of ether oxygens (including phenoxy) is 8. The van der Waals surface area contributed by atoms with Crippen LogP contribution in [0.1, 0.15) is 72.6 Å². The molecule has 88 heavy (non-hydrogen) atoms. The monoisotopic (exact) mass is 1260 g/mol. The van der Waals surface area contributed by atoms with Crippen LogP contribution in [0.2, 0.25) is 0 Å².